The second kappa shape index (κ2) is 5.40. The van der Waals surface area contributed by atoms with Crippen LogP contribution in [-0.4, -0.2) is 26.5 Å². The summed E-state index contributed by atoms with van der Waals surface area (Å²) < 4.78 is 0. The maximum absolute atomic E-state index is 12.5. The Labute approximate surface area is 135 Å². The van der Waals surface area contributed by atoms with Gasteiger partial charge in [0.1, 0.15) is 32.8 Å². The Morgan fingerprint density at radius 1 is 0.565 bits per heavy atom. The molecule has 110 valence electrons. The molecule has 6 heteroatoms. The van der Waals surface area contributed by atoms with Gasteiger partial charge in [0.2, 0.25) is 11.6 Å². The zero-order valence-corrected chi connectivity index (χ0v) is 12.6. The average molecular weight is 319 g/mol. The molecule has 0 atom stereocenters. The molecule has 0 aliphatic carbocycles. The van der Waals surface area contributed by atoms with Crippen molar-refractivity contribution in [3.63, 3.8) is 0 Å². The molecule has 4 heterocycles. The van der Waals surface area contributed by atoms with Crippen molar-refractivity contribution in [2.45, 2.75) is 10.1 Å². The second-order valence-corrected chi connectivity index (χ2v) is 5.93. The molecule has 0 spiro atoms. The molecule has 0 saturated heterocycles. The molecule has 0 radical (unpaired) electrons. The van der Waals surface area contributed by atoms with Gasteiger partial charge in [-0.15, -0.1) is 0 Å². The lowest BCUT2D eigenvalue weighted by molar-refractivity contribution is 0.102. The van der Waals surface area contributed by atoms with Gasteiger partial charge in [-0.2, -0.15) is 0 Å². The van der Waals surface area contributed by atoms with Crippen molar-refractivity contribution in [1.29, 1.82) is 0 Å². The van der Waals surface area contributed by atoms with Crippen LogP contribution in [0.25, 0.3) is 0 Å². The Morgan fingerprint density at radius 2 is 0.957 bits per heavy atom. The Kier molecular flexibility index (Phi) is 3.24. The van der Waals surface area contributed by atoms with E-state index >= 15 is 0 Å². The van der Waals surface area contributed by atoms with Gasteiger partial charge in [-0.05, 0) is 36.4 Å². The van der Waals surface area contributed by atoms with E-state index in [2.05, 4.69) is 15.0 Å². The van der Waals surface area contributed by atoms with Gasteiger partial charge in [0.15, 0.2) is 0 Å². The molecule has 3 aromatic rings. The molecule has 1 aliphatic heterocycles. The number of aromatic nitrogens is 3. The molecular formula is C17H9N3O2S. The van der Waals surface area contributed by atoms with E-state index in [9.17, 15) is 9.59 Å². The minimum Gasteiger partial charge on any atom is -0.285 e. The normalized spacial score (nSPS) is 13.2. The lowest BCUT2D eigenvalue weighted by atomic mass is 10.1. The number of rotatable bonds is 0. The van der Waals surface area contributed by atoms with E-state index in [0.29, 0.717) is 21.4 Å². The van der Waals surface area contributed by atoms with E-state index in [0.717, 1.165) is 0 Å². The second-order valence-electron chi connectivity index (χ2n) is 4.89. The van der Waals surface area contributed by atoms with Crippen LogP contribution < -0.4 is 0 Å². The van der Waals surface area contributed by atoms with Crippen LogP contribution in [0.1, 0.15) is 32.4 Å². The van der Waals surface area contributed by atoms with Crippen LogP contribution in [0, 0.1) is 0 Å². The summed E-state index contributed by atoms with van der Waals surface area (Å²) in [5.41, 5.74) is 0.983. The third-order valence-corrected chi connectivity index (χ3v) is 4.21. The van der Waals surface area contributed by atoms with Crippen LogP contribution in [0.15, 0.2) is 64.6 Å². The van der Waals surface area contributed by atoms with Gasteiger partial charge in [-0.3, -0.25) is 9.59 Å². The van der Waals surface area contributed by atoms with Crippen LogP contribution in [0.5, 0.6) is 0 Å². The molecule has 0 amide bonds. The predicted molar refractivity (Wildman–Crippen MR) is 83.7 cm³/mol. The number of nitrogens with zero attached hydrogens (tertiary/aromatic N) is 3. The SMILES string of the molecule is O=C1c2cccc(n2)Sc2cccc(n2)C(=O)c2cccc1n2. The topological polar surface area (TPSA) is 72.8 Å². The molecule has 0 aromatic carbocycles. The fourth-order valence-electron chi connectivity index (χ4n) is 2.25. The maximum atomic E-state index is 12.5. The number of ketones is 2. The summed E-state index contributed by atoms with van der Waals surface area (Å²) in [5, 5.41) is 1.29. The first kappa shape index (κ1) is 13.8. The molecule has 0 fully saturated rings. The van der Waals surface area contributed by atoms with Gasteiger partial charge in [0.05, 0.1) is 0 Å². The zero-order chi connectivity index (χ0) is 15.8. The van der Waals surface area contributed by atoms with E-state index in [4.69, 9.17) is 0 Å². The van der Waals surface area contributed by atoms with Crippen LogP contribution in [0.2, 0.25) is 0 Å². The summed E-state index contributed by atoms with van der Waals surface area (Å²) in [6.45, 7) is 0. The first-order chi connectivity index (χ1) is 11.2. The summed E-state index contributed by atoms with van der Waals surface area (Å²) in [4.78, 5) is 38.0. The molecule has 6 bridgehead atoms. The first-order valence-electron chi connectivity index (χ1n) is 6.89. The molecule has 0 unspecified atom stereocenters. The Bertz CT molecular complexity index is 883. The van der Waals surface area contributed by atoms with Crippen molar-refractivity contribution in [3.05, 3.63) is 77.4 Å². The highest BCUT2D eigenvalue weighted by Gasteiger charge is 2.19. The van der Waals surface area contributed by atoms with Crippen molar-refractivity contribution in [1.82, 2.24) is 15.0 Å². The Morgan fingerprint density at radius 3 is 1.43 bits per heavy atom. The molecule has 1 aliphatic rings. The molecule has 4 rings (SSSR count). The highest BCUT2D eigenvalue weighted by Crippen LogP contribution is 2.25. The van der Waals surface area contributed by atoms with Gasteiger partial charge in [-0.25, -0.2) is 15.0 Å². The van der Waals surface area contributed by atoms with Crippen molar-refractivity contribution in [2.24, 2.45) is 0 Å². The number of carbonyl (C=O) groups is 2. The van der Waals surface area contributed by atoms with Crippen molar-refractivity contribution < 1.29 is 9.59 Å². The monoisotopic (exact) mass is 319 g/mol. The largest absolute Gasteiger partial charge is 0.285 e. The number of pyridine rings is 3. The standard InChI is InChI=1S/C17H9N3O2S/c21-16-10-4-1-5-11(18-10)17(22)13-7-3-9-15(20-13)23-14-8-2-6-12(16)19-14/h1-9H. The Hall–Kier alpha value is -2.86. The van der Waals surface area contributed by atoms with E-state index in [1.807, 2.05) is 0 Å². The quantitative estimate of drug-likeness (QED) is 0.496. The van der Waals surface area contributed by atoms with Crippen LogP contribution >= 0.6 is 11.8 Å². The minimum absolute atomic E-state index is 0.197. The van der Waals surface area contributed by atoms with Crippen molar-refractivity contribution in [3.8, 4) is 0 Å². The van der Waals surface area contributed by atoms with Crippen molar-refractivity contribution >= 4 is 23.3 Å². The summed E-state index contributed by atoms with van der Waals surface area (Å²) in [6, 6.07) is 15.2. The van der Waals surface area contributed by atoms with Gasteiger partial charge >= 0.3 is 0 Å². The summed E-state index contributed by atoms with van der Waals surface area (Å²) in [5.74, 6) is -0.612. The molecule has 5 nitrogen and oxygen atoms in total. The molecule has 23 heavy (non-hydrogen) atoms. The van der Waals surface area contributed by atoms with E-state index in [1.54, 1.807) is 54.6 Å². The number of fused-ring (bicyclic) bond motifs is 6. The fraction of sp³-hybridized carbons (Fsp3) is 0. The third kappa shape index (κ3) is 2.53. The first-order valence-corrected chi connectivity index (χ1v) is 7.71. The van der Waals surface area contributed by atoms with Crippen LogP contribution in [-0.2, 0) is 0 Å². The van der Waals surface area contributed by atoms with Crippen molar-refractivity contribution in [2.75, 3.05) is 0 Å². The van der Waals surface area contributed by atoms with Gasteiger partial charge in [-0.1, -0.05) is 30.0 Å². The van der Waals surface area contributed by atoms with Gasteiger partial charge < -0.3 is 0 Å². The third-order valence-electron chi connectivity index (χ3n) is 3.34. The number of hydrogen-bond acceptors (Lipinski definition) is 6. The maximum Gasteiger partial charge on any atom is 0.229 e. The van der Waals surface area contributed by atoms with Crippen LogP contribution in [0.3, 0.4) is 0 Å². The molecule has 0 saturated carbocycles. The number of carbonyl (C=O) groups excluding carboxylic acids is 2. The van der Waals surface area contributed by atoms with E-state index in [-0.39, 0.29) is 23.0 Å². The smallest absolute Gasteiger partial charge is 0.229 e. The van der Waals surface area contributed by atoms with Crippen LogP contribution in [0.4, 0.5) is 0 Å². The highest BCUT2D eigenvalue weighted by atomic mass is 32.2. The zero-order valence-electron chi connectivity index (χ0n) is 11.8. The average Bonchev–Trinajstić information content (AvgIpc) is 2.60. The lowest BCUT2D eigenvalue weighted by Gasteiger charge is -2.08. The number of hydrogen-bond donors (Lipinski definition) is 0. The minimum atomic E-state index is -0.306. The Balaban J connectivity index is 1.98. The fourth-order valence-corrected chi connectivity index (χ4v) is 3.05. The predicted octanol–water partition coefficient (Wildman–Crippen LogP) is 2.80. The molecular weight excluding hydrogens is 310 g/mol. The summed E-state index contributed by atoms with van der Waals surface area (Å²) in [7, 11) is 0. The molecule has 3 aromatic heterocycles. The summed E-state index contributed by atoms with van der Waals surface area (Å²) >= 11 is 1.31. The molecule has 0 N–H and O–H groups in total. The lowest BCUT2D eigenvalue weighted by Crippen LogP contribution is -2.12. The van der Waals surface area contributed by atoms with E-state index in [1.165, 1.54) is 11.8 Å². The summed E-state index contributed by atoms with van der Waals surface area (Å²) in [6.07, 6.45) is 0. The van der Waals surface area contributed by atoms with Gasteiger partial charge in [0, 0.05) is 0 Å². The van der Waals surface area contributed by atoms with E-state index < -0.39 is 0 Å². The van der Waals surface area contributed by atoms with Gasteiger partial charge in [0.25, 0.3) is 0 Å². The highest BCUT2D eigenvalue weighted by molar-refractivity contribution is 7.99.